The van der Waals surface area contributed by atoms with E-state index in [1.165, 1.54) is 35.4 Å². The maximum atomic E-state index is 11.3. The molecule has 0 aliphatic carbocycles. The van der Waals surface area contributed by atoms with E-state index in [9.17, 15) is 13.2 Å². The first-order valence-corrected chi connectivity index (χ1v) is 8.38. The number of hydrogen-bond acceptors (Lipinski definition) is 4. The summed E-state index contributed by atoms with van der Waals surface area (Å²) >= 11 is 0. The van der Waals surface area contributed by atoms with E-state index in [1.54, 1.807) is 0 Å². The van der Waals surface area contributed by atoms with Crippen molar-refractivity contribution >= 4 is 28.2 Å². The summed E-state index contributed by atoms with van der Waals surface area (Å²) in [5.41, 5.74) is 7.82. The summed E-state index contributed by atoms with van der Waals surface area (Å²) in [5.74, 6) is 0.341. The Morgan fingerprint density at radius 3 is 2.33 bits per heavy atom. The van der Waals surface area contributed by atoms with Crippen molar-refractivity contribution in [2.45, 2.75) is 18.4 Å². The van der Waals surface area contributed by atoms with Gasteiger partial charge >= 0.3 is 0 Å². The van der Waals surface area contributed by atoms with Gasteiger partial charge in [-0.1, -0.05) is 18.7 Å². The maximum absolute atomic E-state index is 11.3. The van der Waals surface area contributed by atoms with Crippen LogP contribution in [0, 0.1) is 6.92 Å². The van der Waals surface area contributed by atoms with Crippen molar-refractivity contribution in [2.75, 3.05) is 0 Å². The van der Waals surface area contributed by atoms with Gasteiger partial charge in [0.1, 0.15) is 12.4 Å². The van der Waals surface area contributed by atoms with E-state index in [-0.39, 0.29) is 22.9 Å². The highest BCUT2D eigenvalue weighted by atomic mass is 35.5. The van der Waals surface area contributed by atoms with Gasteiger partial charge in [0.2, 0.25) is 5.91 Å². The second-order valence-electron chi connectivity index (χ2n) is 4.98. The van der Waals surface area contributed by atoms with Crippen LogP contribution in [-0.4, -0.2) is 14.3 Å². The first-order chi connectivity index (χ1) is 10.8. The Bertz CT molecular complexity index is 863. The van der Waals surface area contributed by atoms with E-state index in [0.29, 0.717) is 0 Å². The van der Waals surface area contributed by atoms with Crippen LogP contribution in [0.1, 0.15) is 21.5 Å². The summed E-state index contributed by atoms with van der Waals surface area (Å²) < 4.78 is 27.9. The van der Waals surface area contributed by atoms with Gasteiger partial charge in [0, 0.05) is 11.0 Å². The van der Waals surface area contributed by atoms with E-state index < -0.39 is 15.7 Å². The lowest BCUT2D eigenvalue weighted by Crippen LogP contribution is -2.11. The third kappa shape index (κ3) is 4.59. The molecule has 1 amide bonds. The molecule has 0 aromatic heterocycles. The average molecular weight is 368 g/mol. The van der Waals surface area contributed by atoms with E-state index in [4.69, 9.17) is 10.5 Å². The topological polar surface area (TPSA) is 86.5 Å². The number of ether oxygens (including phenoxy) is 1. The Morgan fingerprint density at radius 1 is 1.25 bits per heavy atom. The molecular formula is C17H18ClNO4S. The number of primary amides is 1. The monoisotopic (exact) mass is 367 g/mol. The van der Waals surface area contributed by atoms with Gasteiger partial charge < -0.3 is 10.5 Å². The molecule has 4 rings (SSSR count). The highest BCUT2D eigenvalue weighted by Crippen LogP contribution is 2.23. The molecule has 5 nitrogen and oxygen atoms in total. The summed E-state index contributed by atoms with van der Waals surface area (Å²) in [6, 6.07) is 11.7. The molecule has 7 heteroatoms. The molecule has 2 N–H and O–H groups in total. The summed E-state index contributed by atoms with van der Waals surface area (Å²) in [6.45, 7) is 6.06. The van der Waals surface area contributed by atoms with Crippen LogP contribution in [0.15, 0.2) is 59.3 Å². The Morgan fingerprint density at radius 2 is 1.96 bits per heavy atom. The van der Waals surface area contributed by atoms with Gasteiger partial charge in [-0.05, 0) is 48.4 Å². The van der Waals surface area contributed by atoms with Crippen molar-refractivity contribution in [1.29, 1.82) is 0 Å². The molecule has 2 aromatic carbocycles. The molecule has 0 atom stereocenters. The highest BCUT2D eigenvalue weighted by molar-refractivity contribution is 7.94. The van der Waals surface area contributed by atoms with Crippen molar-refractivity contribution in [3.63, 3.8) is 0 Å². The second kappa shape index (κ2) is 7.99. The SMILES string of the molecule is C=CS(=O)(=O)c1cccc(C(N)=O)c1.Cc1cc2ccc1CO2.Cl. The summed E-state index contributed by atoms with van der Waals surface area (Å²) in [4.78, 5) is 10.8. The normalized spacial score (nSPS) is 11.4. The lowest BCUT2D eigenvalue weighted by Gasteiger charge is -2.15. The standard InChI is InChI=1S/C9H9NO3S.C8H8O.ClH/c1-2-14(12,13)8-5-3-4-7(6-8)9(10)11;1-6-4-8-3-2-7(6)5-9-8;/h2-6H,1H2,(H2,10,11);2-4H,5H2,1H3;1H. The number of benzene rings is 2. The van der Waals surface area contributed by atoms with E-state index in [0.717, 1.165) is 17.8 Å². The van der Waals surface area contributed by atoms with E-state index >= 15 is 0 Å². The second-order valence-corrected chi connectivity index (χ2v) is 6.88. The third-order valence-electron chi connectivity index (χ3n) is 3.37. The zero-order valence-electron chi connectivity index (χ0n) is 13.1. The predicted molar refractivity (Wildman–Crippen MR) is 95.1 cm³/mol. The Hall–Kier alpha value is -2.31. The van der Waals surface area contributed by atoms with Crippen LogP contribution >= 0.6 is 12.4 Å². The summed E-state index contributed by atoms with van der Waals surface area (Å²) in [7, 11) is -3.50. The van der Waals surface area contributed by atoms with Crippen molar-refractivity contribution in [1.82, 2.24) is 0 Å². The average Bonchev–Trinajstić information content (AvgIpc) is 2.56. The number of halogens is 1. The molecule has 2 heterocycles. The van der Waals surface area contributed by atoms with Crippen LogP contribution in [0.3, 0.4) is 0 Å². The van der Waals surface area contributed by atoms with Crippen molar-refractivity contribution in [3.05, 3.63) is 71.1 Å². The van der Waals surface area contributed by atoms with Gasteiger partial charge in [-0.3, -0.25) is 4.79 Å². The number of amides is 1. The molecule has 2 aromatic rings. The fourth-order valence-electron chi connectivity index (χ4n) is 2.00. The van der Waals surface area contributed by atoms with E-state index in [1.807, 2.05) is 6.07 Å². The molecule has 0 saturated heterocycles. The summed E-state index contributed by atoms with van der Waals surface area (Å²) in [5, 5.41) is 0.826. The molecule has 0 saturated carbocycles. The molecule has 0 radical (unpaired) electrons. The maximum Gasteiger partial charge on any atom is 0.248 e. The predicted octanol–water partition coefficient (Wildman–Crippen LogP) is 3.01. The number of rotatable bonds is 3. The fraction of sp³-hybridized carbons (Fsp3) is 0.118. The number of hydrogen-bond donors (Lipinski definition) is 1. The number of sulfone groups is 1. The summed E-state index contributed by atoms with van der Waals surface area (Å²) in [6.07, 6.45) is 0. The molecular weight excluding hydrogens is 350 g/mol. The third-order valence-corrected chi connectivity index (χ3v) is 4.72. The fourth-order valence-corrected chi connectivity index (χ4v) is 2.76. The minimum Gasteiger partial charge on any atom is -0.489 e. The van der Waals surface area contributed by atoms with Gasteiger partial charge in [0.25, 0.3) is 0 Å². The van der Waals surface area contributed by atoms with Crippen molar-refractivity contribution < 1.29 is 17.9 Å². The van der Waals surface area contributed by atoms with Crippen LogP contribution in [-0.2, 0) is 16.4 Å². The van der Waals surface area contributed by atoms with Crippen LogP contribution < -0.4 is 10.5 Å². The minimum atomic E-state index is -3.50. The number of carbonyl (C=O) groups excluding carboxylic acids is 1. The molecule has 0 fully saturated rings. The molecule has 2 aliphatic rings. The van der Waals surface area contributed by atoms with Gasteiger partial charge in [0.15, 0.2) is 9.84 Å². The van der Waals surface area contributed by atoms with Crippen LogP contribution in [0.5, 0.6) is 5.75 Å². The molecule has 0 spiro atoms. The van der Waals surface area contributed by atoms with Gasteiger partial charge in [-0.2, -0.15) is 0 Å². The molecule has 128 valence electrons. The molecule has 24 heavy (non-hydrogen) atoms. The largest absolute Gasteiger partial charge is 0.489 e. The van der Waals surface area contributed by atoms with Crippen LogP contribution in [0.4, 0.5) is 0 Å². The van der Waals surface area contributed by atoms with E-state index in [2.05, 4.69) is 25.6 Å². The number of aryl methyl sites for hydroxylation is 1. The zero-order chi connectivity index (χ0) is 17.0. The molecule has 2 aliphatic heterocycles. The Kier molecular flexibility index (Phi) is 6.57. The number of fused-ring (bicyclic) bond motifs is 3. The van der Waals surface area contributed by atoms with Crippen LogP contribution in [0.2, 0.25) is 0 Å². The van der Waals surface area contributed by atoms with Gasteiger partial charge in [-0.15, -0.1) is 12.4 Å². The lowest BCUT2D eigenvalue weighted by atomic mass is 10.1. The first kappa shape index (κ1) is 19.7. The van der Waals surface area contributed by atoms with Crippen molar-refractivity contribution in [2.24, 2.45) is 5.73 Å². The number of carbonyl (C=O) groups is 1. The quantitative estimate of drug-likeness (QED) is 0.903. The minimum absolute atomic E-state index is 0. The Balaban J connectivity index is 0.000000248. The molecule has 0 unspecified atom stereocenters. The lowest BCUT2D eigenvalue weighted by molar-refractivity contribution is 0.1000. The first-order valence-electron chi connectivity index (χ1n) is 6.83. The smallest absolute Gasteiger partial charge is 0.248 e. The highest BCUT2D eigenvalue weighted by Gasteiger charge is 2.11. The Labute approximate surface area is 147 Å². The van der Waals surface area contributed by atoms with Crippen molar-refractivity contribution in [3.8, 4) is 5.75 Å². The number of nitrogens with two attached hydrogens (primary N) is 1. The van der Waals surface area contributed by atoms with Crippen LogP contribution in [0.25, 0.3) is 0 Å². The zero-order valence-corrected chi connectivity index (χ0v) is 14.7. The van der Waals surface area contributed by atoms with Gasteiger partial charge in [-0.25, -0.2) is 8.42 Å². The van der Waals surface area contributed by atoms with Gasteiger partial charge in [0.05, 0.1) is 4.90 Å². The molecule has 2 bridgehead atoms.